The Balaban J connectivity index is 3.11. The van der Waals surface area contributed by atoms with Crippen molar-refractivity contribution in [3.8, 4) is 0 Å². The molecule has 0 bridgehead atoms. The van der Waals surface area contributed by atoms with Crippen LogP contribution in [0.1, 0.15) is 0 Å². The molecule has 2 heteroatoms. The third-order valence-corrected chi connectivity index (χ3v) is 0.129. The number of hydrogen-bond donors (Lipinski definition) is 0. The normalized spacial score (nSPS) is 4.00. The van der Waals surface area contributed by atoms with Gasteiger partial charge in [0.15, 0.2) is 0 Å². The van der Waals surface area contributed by atoms with Crippen LogP contribution >= 0.6 is 0 Å². The van der Waals surface area contributed by atoms with Crippen molar-refractivity contribution in [2.45, 2.75) is 0 Å². The van der Waals surface area contributed by atoms with Crippen LogP contribution in [-0.4, -0.2) is 20.3 Å². The van der Waals surface area contributed by atoms with Crippen molar-refractivity contribution in [3.63, 3.8) is 0 Å². The zero-order valence-corrected chi connectivity index (χ0v) is 2.52. The monoisotopic (exact) mass is 52.0 g/mol. The summed E-state index contributed by atoms with van der Waals surface area (Å²) in [5.74, 6) is 2.06. The SMILES string of the molecule is [B]=C=NC. The van der Waals surface area contributed by atoms with E-state index >= 15 is 0 Å². The van der Waals surface area contributed by atoms with Gasteiger partial charge in [-0.3, -0.25) is 0 Å². The molecule has 0 saturated heterocycles. The molecule has 0 spiro atoms. The summed E-state index contributed by atoms with van der Waals surface area (Å²) in [4.78, 5) is 3.26. The van der Waals surface area contributed by atoms with Crippen LogP contribution in [0.25, 0.3) is 0 Å². The van der Waals surface area contributed by atoms with E-state index in [4.69, 9.17) is 0 Å². The average Bonchev–Trinajstić information content (AvgIpc) is 1.37. The van der Waals surface area contributed by atoms with Crippen molar-refractivity contribution in [1.82, 2.24) is 0 Å². The average molecular weight is 51.9 g/mol. The second kappa shape index (κ2) is 2.64. The molecular weight excluding hydrogens is 48.8 g/mol. The van der Waals surface area contributed by atoms with Crippen molar-refractivity contribution >= 4 is 13.2 Å². The van der Waals surface area contributed by atoms with Crippen molar-refractivity contribution in [3.05, 3.63) is 0 Å². The van der Waals surface area contributed by atoms with Gasteiger partial charge < -0.3 is 0 Å². The predicted molar refractivity (Wildman–Crippen MR) is 19.1 cm³/mol. The summed E-state index contributed by atoms with van der Waals surface area (Å²) in [6, 6.07) is 0. The molecule has 19 valence electrons. The van der Waals surface area contributed by atoms with E-state index < -0.39 is 0 Å². The third kappa shape index (κ3) is 1.64. The summed E-state index contributed by atoms with van der Waals surface area (Å²) >= 11 is 0. The number of rotatable bonds is 0. The van der Waals surface area contributed by atoms with Gasteiger partial charge in [0.25, 0.3) is 0 Å². The summed E-state index contributed by atoms with van der Waals surface area (Å²) in [7, 11) is 6.18. The van der Waals surface area contributed by atoms with Crippen LogP contribution in [-0.2, 0) is 0 Å². The molecule has 0 rings (SSSR count). The van der Waals surface area contributed by atoms with E-state index in [1.165, 1.54) is 0 Å². The molecule has 1 radical (unpaired) electrons. The number of nitrogens with zero attached hydrogens (tertiary/aromatic N) is 1. The van der Waals surface area contributed by atoms with E-state index in [0.717, 1.165) is 0 Å². The van der Waals surface area contributed by atoms with Crippen LogP contribution in [0.3, 0.4) is 0 Å². The fourth-order valence-corrected chi connectivity index (χ4v) is 0. The van der Waals surface area contributed by atoms with Gasteiger partial charge in [0.2, 0.25) is 0 Å². The third-order valence-electron chi connectivity index (χ3n) is 0.129. The summed E-state index contributed by atoms with van der Waals surface area (Å²) in [6.45, 7) is 0. The fourth-order valence-electron chi connectivity index (χ4n) is 0. The molecule has 0 saturated carbocycles. The Bertz CT molecular complexity index is 44.0. The van der Waals surface area contributed by atoms with E-state index in [2.05, 4.69) is 18.2 Å². The van der Waals surface area contributed by atoms with Crippen molar-refractivity contribution < 1.29 is 0 Å². The Labute approximate surface area is 26.4 Å². The van der Waals surface area contributed by atoms with Crippen molar-refractivity contribution in [2.24, 2.45) is 4.99 Å². The van der Waals surface area contributed by atoms with Gasteiger partial charge in [0, 0.05) is 0 Å². The molecule has 0 N–H and O–H groups in total. The standard InChI is InChI=1S/C2H3BN/c1-4-2-3/h1H3. The van der Waals surface area contributed by atoms with Crippen LogP contribution < -0.4 is 0 Å². The maximum absolute atomic E-state index is 4.61. The zero-order valence-electron chi connectivity index (χ0n) is 2.52. The summed E-state index contributed by atoms with van der Waals surface area (Å²) in [5, 5.41) is 0. The minimum atomic E-state index is 1.57. The topological polar surface area (TPSA) is 12.4 Å². The molecule has 0 unspecified atom stereocenters. The first kappa shape index (κ1) is 3.64. The van der Waals surface area contributed by atoms with E-state index in [9.17, 15) is 0 Å². The summed E-state index contributed by atoms with van der Waals surface area (Å²) < 4.78 is 0. The van der Waals surface area contributed by atoms with Gasteiger partial charge in [0.05, 0.1) is 0 Å². The molecule has 0 heterocycles. The number of aliphatic imine (C=N–C) groups is 1. The molecule has 0 aliphatic rings. The second-order valence-electron chi connectivity index (χ2n) is 0.353. The van der Waals surface area contributed by atoms with Gasteiger partial charge in [0.1, 0.15) is 0 Å². The summed E-state index contributed by atoms with van der Waals surface area (Å²) in [6.07, 6.45) is 0. The van der Waals surface area contributed by atoms with Crippen molar-refractivity contribution in [1.29, 1.82) is 0 Å². The first-order valence-electron chi connectivity index (χ1n) is 0.959. The molecular formula is C2H3BN. The second-order valence-corrected chi connectivity index (χ2v) is 0.353. The molecule has 0 fully saturated rings. The molecule has 0 amide bonds. The number of hydrogen-bond acceptors (Lipinski definition) is 1. The molecule has 0 aromatic heterocycles. The van der Waals surface area contributed by atoms with Gasteiger partial charge in [-0.05, 0) is 0 Å². The summed E-state index contributed by atoms with van der Waals surface area (Å²) in [5.41, 5.74) is 0. The molecule has 0 atom stereocenters. The van der Waals surface area contributed by atoms with Gasteiger partial charge in [-0.25, -0.2) is 0 Å². The van der Waals surface area contributed by atoms with Crippen LogP contribution in [0.15, 0.2) is 4.99 Å². The molecule has 0 aromatic carbocycles. The van der Waals surface area contributed by atoms with E-state index in [1.807, 2.05) is 0 Å². The van der Waals surface area contributed by atoms with Crippen molar-refractivity contribution in [2.75, 3.05) is 7.05 Å². The van der Waals surface area contributed by atoms with E-state index in [0.29, 0.717) is 0 Å². The van der Waals surface area contributed by atoms with Gasteiger partial charge in [-0.15, -0.1) is 0 Å². The van der Waals surface area contributed by atoms with Crippen LogP contribution in [0, 0.1) is 0 Å². The quantitative estimate of drug-likeness (QED) is 0.265. The maximum atomic E-state index is 4.61. The van der Waals surface area contributed by atoms with Gasteiger partial charge in [-0.2, -0.15) is 0 Å². The first-order valence-corrected chi connectivity index (χ1v) is 0.959. The molecule has 0 aromatic rings. The van der Waals surface area contributed by atoms with E-state index in [-0.39, 0.29) is 0 Å². The van der Waals surface area contributed by atoms with Crippen LogP contribution in [0.4, 0.5) is 0 Å². The molecule has 0 aliphatic carbocycles. The van der Waals surface area contributed by atoms with Crippen LogP contribution in [0.2, 0.25) is 0 Å². The molecule has 1 nitrogen and oxygen atoms in total. The first-order chi connectivity index (χ1) is 1.91. The minimum absolute atomic E-state index is 1.57. The van der Waals surface area contributed by atoms with Gasteiger partial charge in [-0.1, -0.05) is 0 Å². The molecule has 4 heavy (non-hydrogen) atoms. The Morgan fingerprint density at radius 2 is 2.25 bits per heavy atom. The Morgan fingerprint density at radius 1 is 2.00 bits per heavy atom. The molecule has 0 aliphatic heterocycles. The zero-order chi connectivity index (χ0) is 3.41. The Hall–Kier alpha value is -0.355. The predicted octanol–water partition coefficient (Wildman–Crippen LogP) is -0.310. The Morgan fingerprint density at radius 3 is 2.25 bits per heavy atom. The van der Waals surface area contributed by atoms with E-state index in [1.54, 1.807) is 7.05 Å². The Kier molecular flexibility index (Phi) is 2.41. The van der Waals surface area contributed by atoms with Gasteiger partial charge >= 0.3 is 25.3 Å². The van der Waals surface area contributed by atoms with Crippen LogP contribution in [0.5, 0.6) is 0 Å². The fraction of sp³-hybridized carbons (Fsp3) is 0.500.